The van der Waals surface area contributed by atoms with Crippen molar-refractivity contribution in [1.82, 2.24) is 4.98 Å². The minimum atomic E-state index is -1.19. The van der Waals surface area contributed by atoms with E-state index in [1.54, 1.807) is 0 Å². The van der Waals surface area contributed by atoms with Crippen molar-refractivity contribution in [3.63, 3.8) is 0 Å². The van der Waals surface area contributed by atoms with Crippen LogP contribution in [-0.2, 0) is 0 Å². The molecule has 5 N–H and O–H groups in total. The minimum absolute atomic E-state index is 0.0626. The Morgan fingerprint density at radius 3 is 2.73 bits per heavy atom. The summed E-state index contributed by atoms with van der Waals surface area (Å²) in [5.41, 5.74) is 5.79. The zero-order valence-corrected chi connectivity index (χ0v) is 8.72. The van der Waals surface area contributed by atoms with Gasteiger partial charge in [-0.15, -0.1) is 0 Å². The van der Waals surface area contributed by atoms with Crippen LogP contribution in [0.25, 0.3) is 0 Å². The van der Waals surface area contributed by atoms with Crippen molar-refractivity contribution in [2.45, 2.75) is 18.6 Å². The predicted octanol–water partition coefficient (Wildman–Crippen LogP) is 0.0939. The number of aliphatic hydroxyl groups excluding tert-OH is 3. The zero-order chi connectivity index (χ0) is 11.4. The molecule has 0 spiro atoms. The Balaban J connectivity index is 2.89. The topological polar surface area (TPSA) is 99.6 Å². The number of nitrogens with two attached hydrogens (primary N) is 1. The number of rotatable bonds is 4. The average molecular weight is 233 g/mol. The van der Waals surface area contributed by atoms with Gasteiger partial charge in [-0.3, -0.25) is 0 Å². The molecular formula is C9H13ClN2O3. The molecule has 0 aliphatic heterocycles. The SMILES string of the molecule is Nc1ncc(Cl)cc1C(O)C(O)CCO. The molecule has 1 aromatic heterocycles. The van der Waals surface area contributed by atoms with Crippen molar-refractivity contribution < 1.29 is 15.3 Å². The van der Waals surface area contributed by atoms with Crippen molar-refractivity contribution in [1.29, 1.82) is 0 Å². The highest BCUT2D eigenvalue weighted by Crippen LogP contribution is 2.25. The van der Waals surface area contributed by atoms with Gasteiger partial charge in [-0.1, -0.05) is 11.6 Å². The van der Waals surface area contributed by atoms with E-state index < -0.39 is 12.2 Å². The van der Waals surface area contributed by atoms with Crippen LogP contribution in [0.3, 0.4) is 0 Å². The Kier molecular flexibility index (Phi) is 4.28. The van der Waals surface area contributed by atoms with Crippen molar-refractivity contribution in [2.24, 2.45) is 0 Å². The predicted molar refractivity (Wildman–Crippen MR) is 56.3 cm³/mol. The van der Waals surface area contributed by atoms with Crippen LogP contribution >= 0.6 is 11.6 Å². The number of halogens is 1. The molecule has 0 aliphatic rings. The van der Waals surface area contributed by atoms with Gasteiger partial charge in [-0.2, -0.15) is 0 Å². The highest BCUT2D eigenvalue weighted by Gasteiger charge is 2.20. The van der Waals surface area contributed by atoms with Crippen LogP contribution < -0.4 is 5.73 Å². The lowest BCUT2D eigenvalue weighted by molar-refractivity contribution is 0.00447. The van der Waals surface area contributed by atoms with Crippen molar-refractivity contribution in [3.8, 4) is 0 Å². The first-order valence-corrected chi connectivity index (χ1v) is 4.82. The first-order valence-electron chi connectivity index (χ1n) is 4.44. The number of pyridine rings is 1. The molecule has 0 bridgehead atoms. The summed E-state index contributed by atoms with van der Waals surface area (Å²) >= 11 is 5.68. The van der Waals surface area contributed by atoms with E-state index in [0.29, 0.717) is 5.02 Å². The molecule has 0 fully saturated rings. The molecule has 84 valence electrons. The molecule has 15 heavy (non-hydrogen) atoms. The van der Waals surface area contributed by atoms with Gasteiger partial charge in [0.05, 0.1) is 11.1 Å². The zero-order valence-electron chi connectivity index (χ0n) is 7.97. The molecule has 1 rings (SSSR count). The second-order valence-electron chi connectivity index (χ2n) is 3.15. The van der Waals surface area contributed by atoms with E-state index in [2.05, 4.69) is 4.98 Å². The second-order valence-corrected chi connectivity index (χ2v) is 3.59. The van der Waals surface area contributed by atoms with Crippen LogP contribution in [0.4, 0.5) is 5.82 Å². The third-order valence-corrected chi connectivity index (χ3v) is 2.23. The van der Waals surface area contributed by atoms with Gasteiger partial charge in [0.1, 0.15) is 11.9 Å². The normalized spacial score (nSPS) is 14.9. The lowest BCUT2D eigenvalue weighted by Crippen LogP contribution is -2.20. The number of aliphatic hydroxyl groups is 3. The molecule has 0 saturated carbocycles. The maximum Gasteiger partial charge on any atom is 0.129 e. The first-order chi connectivity index (χ1) is 7.06. The van der Waals surface area contributed by atoms with Gasteiger partial charge in [-0.05, 0) is 12.5 Å². The van der Waals surface area contributed by atoms with Crippen molar-refractivity contribution in [3.05, 3.63) is 22.8 Å². The molecule has 0 saturated heterocycles. The standard InChI is InChI=1S/C9H13ClN2O3/c10-5-3-6(9(11)12-4-5)8(15)7(14)1-2-13/h3-4,7-8,13-15H,1-2H2,(H2,11,12). The quantitative estimate of drug-likeness (QED) is 0.590. The Bertz CT molecular complexity index is 335. The van der Waals surface area contributed by atoms with Crippen LogP contribution in [0, 0.1) is 0 Å². The summed E-state index contributed by atoms with van der Waals surface area (Å²) in [6.45, 7) is -0.216. The number of aromatic nitrogens is 1. The molecule has 0 radical (unpaired) electrons. The Morgan fingerprint density at radius 1 is 1.47 bits per heavy atom. The van der Waals surface area contributed by atoms with Gasteiger partial charge in [0.2, 0.25) is 0 Å². The van der Waals surface area contributed by atoms with Crippen LogP contribution in [-0.4, -0.2) is 33.0 Å². The summed E-state index contributed by atoms with van der Waals surface area (Å²) < 4.78 is 0. The number of anilines is 1. The maximum absolute atomic E-state index is 9.69. The van der Waals surface area contributed by atoms with Crippen molar-refractivity contribution in [2.75, 3.05) is 12.3 Å². The largest absolute Gasteiger partial charge is 0.396 e. The summed E-state index contributed by atoms with van der Waals surface area (Å²) in [5, 5.41) is 28.1. The van der Waals surface area contributed by atoms with Crippen molar-refractivity contribution >= 4 is 17.4 Å². The summed E-state index contributed by atoms with van der Waals surface area (Å²) in [4.78, 5) is 3.75. The fourth-order valence-corrected chi connectivity index (χ4v) is 1.37. The van der Waals surface area contributed by atoms with E-state index >= 15 is 0 Å². The van der Waals surface area contributed by atoms with E-state index in [9.17, 15) is 10.2 Å². The molecular weight excluding hydrogens is 220 g/mol. The van der Waals surface area contributed by atoms with Crippen LogP contribution in [0.5, 0.6) is 0 Å². The molecule has 2 atom stereocenters. The van der Waals surface area contributed by atoms with E-state index in [-0.39, 0.29) is 24.4 Å². The molecule has 0 aliphatic carbocycles. The van der Waals surface area contributed by atoms with Crippen LogP contribution in [0.15, 0.2) is 12.3 Å². The third kappa shape index (κ3) is 3.04. The monoisotopic (exact) mass is 232 g/mol. The number of nitrogens with zero attached hydrogens (tertiary/aromatic N) is 1. The molecule has 6 heteroatoms. The molecule has 2 unspecified atom stereocenters. The van der Waals surface area contributed by atoms with E-state index in [4.69, 9.17) is 22.4 Å². The highest BCUT2D eigenvalue weighted by molar-refractivity contribution is 6.30. The van der Waals surface area contributed by atoms with Gasteiger partial charge in [0.15, 0.2) is 0 Å². The minimum Gasteiger partial charge on any atom is -0.396 e. The molecule has 5 nitrogen and oxygen atoms in total. The third-order valence-electron chi connectivity index (χ3n) is 2.02. The Morgan fingerprint density at radius 2 is 2.13 bits per heavy atom. The lowest BCUT2D eigenvalue weighted by Gasteiger charge is -2.18. The molecule has 1 heterocycles. The summed E-state index contributed by atoms with van der Waals surface area (Å²) in [7, 11) is 0. The first kappa shape index (κ1) is 12.2. The average Bonchev–Trinajstić information content (AvgIpc) is 2.21. The fourth-order valence-electron chi connectivity index (χ4n) is 1.20. The smallest absolute Gasteiger partial charge is 0.129 e. The highest BCUT2D eigenvalue weighted by atomic mass is 35.5. The van der Waals surface area contributed by atoms with Crippen LogP contribution in [0.1, 0.15) is 18.1 Å². The van der Waals surface area contributed by atoms with Crippen LogP contribution in [0.2, 0.25) is 5.02 Å². The van der Waals surface area contributed by atoms with Gasteiger partial charge in [-0.25, -0.2) is 4.98 Å². The molecule has 0 amide bonds. The van der Waals surface area contributed by atoms with Gasteiger partial charge in [0.25, 0.3) is 0 Å². The number of hydrogen-bond donors (Lipinski definition) is 4. The molecule has 1 aromatic rings. The second kappa shape index (κ2) is 5.27. The van der Waals surface area contributed by atoms with E-state index in [1.165, 1.54) is 12.3 Å². The van der Waals surface area contributed by atoms with Gasteiger partial charge >= 0.3 is 0 Å². The Hall–Kier alpha value is -0.880. The van der Waals surface area contributed by atoms with E-state index in [0.717, 1.165) is 0 Å². The maximum atomic E-state index is 9.69. The fraction of sp³-hybridized carbons (Fsp3) is 0.444. The summed E-state index contributed by atoms with van der Waals surface area (Å²) in [5.74, 6) is 0.115. The Labute approximate surface area is 92.1 Å². The van der Waals surface area contributed by atoms with Gasteiger partial charge in [0, 0.05) is 18.4 Å². The summed E-state index contributed by atoms with van der Waals surface area (Å²) in [6.07, 6.45) is -0.862. The molecule has 0 aromatic carbocycles. The van der Waals surface area contributed by atoms with E-state index in [1.807, 2.05) is 0 Å². The number of hydrogen-bond acceptors (Lipinski definition) is 5. The lowest BCUT2D eigenvalue weighted by atomic mass is 10.0. The van der Waals surface area contributed by atoms with Gasteiger partial charge < -0.3 is 21.1 Å². The summed E-state index contributed by atoms with van der Waals surface area (Å²) in [6, 6.07) is 1.44. The number of nitrogen functional groups attached to an aromatic ring is 1.